The molecule has 0 saturated heterocycles. The van der Waals surface area contributed by atoms with Crippen molar-refractivity contribution in [3.05, 3.63) is 57.8 Å². The van der Waals surface area contributed by atoms with Gasteiger partial charge in [0, 0.05) is 11.5 Å². The Balaban J connectivity index is 1.69. The Hall–Kier alpha value is -3.40. The third kappa shape index (κ3) is 5.44. The predicted molar refractivity (Wildman–Crippen MR) is 120 cm³/mol. The summed E-state index contributed by atoms with van der Waals surface area (Å²) in [7, 11) is -3.67. The first-order valence-corrected chi connectivity index (χ1v) is 12.3. The van der Waals surface area contributed by atoms with Gasteiger partial charge in [0.1, 0.15) is 22.3 Å². The molecule has 1 aromatic carbocycles. The Labute approximate surface area is 192 Å². The summed E-state index contributed by atoms with van der Waals surface area (Å²) in [5.74, 6) is -0.919. The molecule has 0 aliphatic heterocycles. The van der Waals surface area contributed by atoms with Crippen LogP contribution in [0.4, 0.5) is 5.13 Å². The molecule has 0 aliphatic rings. The number of rotatable bonds is 7. The van der Waals surface area contributed by atoms with Crippen LogP contribution < -0.4 is 10.1 Å². The lowest BCUT2D eigenvalue weighted by Crippen LogP contribution is -2.16. The second kappa shape index (κ2) is 9.82. The van der Waals surface area contributed by atoms with E-state index < -0.39 is 27.0 Å². The molecule has 0 atom stereocenters. The van der Waals surface area contributed by atoms with Gasteiger partial charge in [-0.1, -0.05) is 18.2 Å². The van der Waals surface area contributed by atoms with Crippen LogP contribution in [0.2, 0.25) is 0 Å². The lowest BCUT2D eigenvalue weighted by molar-refractivity contribution is -0.112. The number of benzene rings is 1. The average molecular weight is 489 g/mol. The topological polar surface area (TPSA) is 139 Å². The van der Waals surface area contributed by atoms with E-state index in [1.54, 1.807) is 35.7 Å². The van der Waals surface area contributed by atoms with Gasteiger partial charge in [0.15, 0.2) is 0 Å². The number of ether oxygens (including phenoxy) is 1. The molecular weight excluding hydrogens is 472 g/mol. The van der Waals surface area contributed by atoms with Crippen molar-refractivity contribution >= 4 is 55.8 Å². The first-order valence-electron chi connectivity index (χ1n) is 9.07. The smallest absolute Gasteiger partial charge is 0.353 e. The van der Waals surface area contributed by atoms with Crippen LogP contribution in [0.1, 0.15) is 29.1 Å². The van der Waals surface area contributed by atoms with Crippen molar-refractivity contribution in [3.8, 4) is 11.8 Å². The molecule has 0 fully saturated rings. The SMILES string of the molecule is CC(C)S(=O)(=O)c1nsc(NC(=O)/C(C#N)=C\c2ccc(OC(=O)c3cccs3)cc2)n1. The number of carbonyl (C=O) groups is 2. The molecule has 0 unspecified atom stereocenters. The molecule has 9 nitrogen and oxygen atoms in total. The van der Waals surface area contributed by atoms with E-state index in [2.05, 4.69) is 14.7 Å². The zero-order valence-corrected chi connectivity index (χ0v) is 19.3. The highest BCUT2D eigenvalue weighted by Crippen LogP contribution is 2.20. The highest BCUT2D eigenvalue weighted by molar-refractivity contribution is 7.91. The number of hydrogen-bond acceptors (Lipinski definition) is 10. The number of nitriles is 1. The summed E-state index contributed by atoms with van der Waals surface area (Å²) in [6.07, 6.45) is 1.34. The Kier molecular flexibility index (Phi) is 7.14. The molecule has 12 heteroatoms. The van der Waals surface area contributed by atoms with E-state index in [0.29, 0.717) is 27.7 Å². The number of nitrogens with one attached hydrogen (secondary N) is 1. The monoisotopic (exact) mass is 488 g/mol. The van der Waals surface area contributed by atoms with Crippen LogP contribution >= 0.6 is 22.9 Å². The van der Waals surface area contributed by atoms with E-state index in [-0.39, 0.29) is 15.9 Å². The van der Waals surface area contributed by atoms with Gasteiger partial charge in [-0.05, 0) is 49.1 Å². The van der Waals surface area contributed by atoms with Gasteiger partial charge in [-0.15, -0.1) is 11.3 Å². The molecule has 1 amide bonds. The van der Waals surface area contributed by atoms with Gasteiger partial charge < -0.3 is 4.74 Å². The Morgan fingerprint density at radius 1 is 1.22 bits per heavy atom. The third-order valence-corrected chi connectivity index (χ3v) is 7.52. The molecule has 3 rings (SSSR count). The third-order valence-electron chi connectivity index (χ3n) is 3.99. The van der Waals surface area contributed by atoms with Crippen LogP contribution in [0.5, 0.6) is 5.75 Å². The van der Waals surface area contributed by atoms with E-state index in [0.717, 1.165) is 0 Å². The molecule has 0 aliphatic carbocycles. The maximum absolute atomic E-state index is 12.4. The van der Waals surface area contributed by atoms with Crippen LogP contribution in [0.15, 0.2) is 52.5 Å². The lowest BCUT2D eigenvalue weighted by atomic mass is 10.1. The van der Waals surface area contributed by atoms with Crippen LogP contribution in [0.3, 0.4) is 0 Å². The van der Waals surface area contributed by atoms with E-state index >= 15 is 0 Å². The molecule has 0 radical (unpaired) electrons. The summed E-state index contributed by atoms with van der Waals surface area (Å²) in [4.78, 5) is 28.7. The number of carbonyl (C=O) groups excluding carboxylic acids is 2. The van der Waals surface area contributed by atoms with Gasteiger partial charge in [-0.3, -0.25) is 10.1 Å². The summed E-state index contributed by atoms with van der Waals surface area (Å²) in [6.45, 7) is 3.00. The molecule has 0 saturated carbocycles. The normalized spacial score (nSPS) is 11.8. The molecule has 0 bridgehead atoms. The number of aromatic nitrogens is 2. The van der Waals surface area contributed by atoms with Crippen LogP contribution in [-0.2, 0) is 14.6 Å². The molecule has 164 valence electrons. The average Bonchev–Trinajstić information content (AvgIpc) is 3.45. The number of anilines is 1. The Morgan fingerprint density at radius 3 is 2.53 bits per heavy atom. The second-order valence-electron chi connectivity index (χ2n) is 6.54. The van der Waals surface area contributed by atoms with Crippen LogP contribution in [-0.4, -0.2) is 34.9 Å². The summed E-state index contributed by atoms with van der Waals surface area (Å²) in [5, 5.41) is 12.4. The summed E-state index contributed by atoms with van der Waals surface area (Å²) in [5.41, 5.74) is 0.296. The quantitative estimate of drug-likeness (QED) is 0.230. The van der Waals surface area contributed by atoms with Gasteiger partial charge in [-0.2, -0.15) is 14.6 Å². The lowest BCUT2D eigenvalue weighted by Gasteiger charge is -2.04. The Morgan fingerprint density at radius 2 is 1.94 bits per heavy atom. The molecule has 0 spiro atoms. The maximum Gasteiger partial charge on any atom is 0.353 e. The number of sulfone groups is 1. The minimum atomic E-state index is -3.67. The first kappa shape index (κ1) is 23.3. The summed E-state index contributed by atoms with van der Waals surface area (Å²) in [6, 6.07) is 11.4. The van der Waals surface area contributed by atoms with Crippen molar-refractivity contribution in [1.82, 2.24) is 9.36 Å². The number of amides is 1. The van der Waals surface area contributed by atoms with Gasteiger partial charge >= 0.3 is 5.97 Å². The molecule has 32 heavy (non-hydrogen) atoms. The molecule has 3 aromatic rings. The Bertz CT molecular complexity index is 1300. The molecule has 2 aromatic heterocycles. The number of thiophene rings is 1. The van der Waals surface area contributed by atoms with Crippen LogP contribution in [0.25, 0.3) is 6.08 Å². The van der Waals surface area contributed by atoms with Crippen molar-refractivity contribution in [1.29, 1.82) is 5.26 Å². The highest BCUT2D eigenvalue weighted by Gasteiger charge is 2.25. The highest BCUT2D eigenvalue weighted by atomic mass is 32.2. The number of nitrogens with zero attached hydrogens (tertiary/aromatic N) is 3. The molecule has 2 heterocycles. The van der Waals surface area contributed by atoms with Crippen LogP contribution in [0, 0.1) is 11.3 Å². The maximum atomic E-state index is 12.4. The van der Waals surface area contributed by atoms with Crippen molar-refractivity contribution in [2.45, 2.75) is 24.3 Å². The van der Waals surface area contributed by atoms with Crippen molar-refractivity contribution < 1.29 is 22.7 Å². The number of hydrogen-bond donors (Lipinski definition) is 1. The second-order valence-corrected chi connectivity index (χ2v) is 10.6. The first-order chi connectivity index (χ1) is 15.2. The number of esters is 1. The van der Waals surface area contributed by atoms with Gasteiger partial charge in [0.25, 0.3) is 11.1 Å². The molecule has 1 N–H and O–H groups in total. The minimum Gasteiger partial charge on any atom is -0.422 e. The van der Waals surface area contributed by atoms with Gasteiger partial charge in [-0.25, -0.2) is 13.2 Å². The minimum absolute atomic E-state index is 0.0359. The molecular formula is C20H16N4O5S3. The van der Waals surface area contributed by atoms with Gasteiger partial charge in [0.2, 0.25) is 15.0 Å². The van der Waals surface area contributed by atoms with E-state index in [9.17, 15) is 23.3 Å². The summed E-state index contributed by atoms with van der Waals surface area (Å²) >= 11 is 1.97. The van der Waals surface area contributed by atoms with E-state index in [4.69, 9.17) is 4.74 Å². The van der Waals surface area contributed by atoms with E-state index in [1.165, 1.54) is 43.4 Å². The summed E-state index contributed by atoms with van der Waals surface area (Å²) < 4.78 is 33.2. The largest absolute Gasteiger partial charge is 0.422 e. The van der Waals surface area contributed by atoms with Crippen molar-refractivity contribution in [2.75, 3.05) is 5.32 Å². The van der Waals surface area contributed by atoms with E-state index in [1.807, 2.05) is 0 Å². The van der Waals surface area contributed by atoms with Crippen molar-refractivity contribution in [2.24, 2.45) is 0 Å². The fourth-order valence-electron chi connectivity index (χ4n) is 2.25. The van der Waals surface area contributed by atoms with Gasteiger partial charge in [0.05, 0.1) is 5.25 Å². The van der Waals surface area contributed by atoms with Crippen molar-refractivity contribution in [3.63, 3.8) is 0 Å². The fourth-order valence-corrected chi connectivity index (χ4v) is 4.55. The zero-order chi connectivity index (χ0) is 23.3. The standard InChI is InChI=1S/C20H16N4O5S3/c1-12(2)32(27,28)20-23-19(31-24-20)22-17(25)14(11-21)10-13-5-7-15(8-6-13)29-18(26)16-4-3-9-30-16/h3-10,12H,1-2H3,(H,22,23,24,25)/b14-10-. The predicted octanol–water partition coefficient (Wildman–Crippen LogP) is 3.55. The fraction of sp³-hybridized carbons (Fsp3) is 0.150. The zero-order valence-electron chi connectivity index (χ0n) is 16.8.